The Balaban J connectivity index is 1.78. The fourth-order valence-electron chi connectivity index (χ4n) is 2.28. The maximum atomic E-state index is 12.2. The van der Waals surface area contributed by atoms with E-state index in [1.165, 1.54) is 19.1 Å². The summed E-state index contributed by atoms with van der Waals surface area (Å²) in [6.07, 6.45) is -1.18. The number of carbonyl (C=O) groups is 2. The number of hydrogen-bond donors (Lipinski definition) is 2. The van der Waals surface area contributed by atoms with Crippen LogP contribution in [-0.2, 0) is 24.3 Å². The van der Waals surface area contributed by atoms with Gasteiger partial charge in [-0.3, -0.25) is 9.59 Å². The van der Waals surface area contributed by atoms with Gasteiger partial charge >= 0.3 is 5.97 Å². The highest BCUT2D eigenvalue weighted by molar-refractivity contribution is 7.89. The van der Waals surface area contributed by atoms with Gasteiger partial charge in [0.15, 0.2) is 6.10 Å². The lowest BCUT2D eigenvalue weighted by Gasteiger charge is -2.14. The summed E-state index contributed by atoms with van der Waals surface area (Å²) >= 11 is 0. The second kappa shape index (κ2) is 9.48. The molecule has 0 saturated carbocycles. The van der Waals surface area contributed by atoms with Crippen molar-refractivity contribution >= 4 is 27.6 Å². The Morgan fingerprint density at radius 3 is 2.07 bits per heavy atom. The molecule has 2 aromatic carbocycles. The number of carbonyl (C=O) groups excluding carboxylic acids is 2. The van der Waals surface area contributed by atoms with Crippen molar-refractivity contribution in [1.29, 1.82) is 0 Å². The lowest BCUT2D eigenvalue weighted by atomic mass is 10.2. The van der Waals surface area contributed by atoms with E-state index in [9.17, 15) is 18.0 Å². The van der Waals surface area contributed by atoms with E-state index in [-0.39, 0.29) is 17.9 Å². The molecule has 2 N–H and O–H groups in total. The topological polar surface area (TPSA) is 102 Å². The zero-order chi connectivity index (χ0) is 20.7. The molecule has 2 aromatic rings. The largest absolute Gasteiger partial charge is 0.452 e. The minimum atomic E-state index is -3.70. The molecule has 2 rings (SSSR count). The van der Waals surface area contributed by atoms with E-state index >= 15 is 0 Å². The van der Waals surface area contributed by atoms with Crippen LogP contribution in [-0.4, -0.2) is 32.9 Å². The Morgan fingerprint density at radius 1 is 0.964 bits per heavy atom. The van der Waals surface area contributed by atoms with Crippen molar-refractivity contribution in [2.24, 2.45) is 0 Å². The summed E-state index contributed by atoms with van der Waals surface area (Å²) in [6.45, 7) is 5.12. The van der Waals surface area contributed by atoms with Gasteiger partial charge in [0.1, 0.15) is 0 Å². The monoisotopic (exact) mass is 404 g/mol. The van der Waals surface area contributed by atoms with Crippen LogP contribution in [0.1, 0.15) is 24.5 Å². The molecule has 1 unspecified atom stereocenters. The molecule has 0 heterocycles. The molecule has 28 heavy (non-hydrogen) atoms. The smallest absolute Gasteiger partial charge is 0.307 e. The van der Waals surface area contributed by atoms with Gasteiger partial charge in [0.05, 0.1) is 11.3 Å². The molecular weight excluding hydrogens is 380 g/mol. The van der Waals surface area contributed by atoms with Crippen molar-refractivity contribution in [3.8, 4) is 0 Å². The van der Waals surface area contributed by atoms with Gasteiger partial charge in [-0.25, -0.2) is 13.1 Å². The summed E-state index contributed by atoms with van der Waals surface area (Å²) < 4.78 is 31.7. The molecule has 0 saturated heterocycles. The second-order valence-corrected chi connectivity index (χ2v) is 8.22. The van der Waals surface area contributed by atoms with Crippen LogP contribution < -0.4 is 10.0 Å². The molecule has 0 aliphatic carbocycles. The van der Waals surface area contributed by atoms with Crippen LogP contribution in [0.25, 0.3) is 0 Å². The lowest BCUT2D eigenvalue weighted by molar-refractivity contribution is -0.152. The number of sulfonamides is 1. The number of anilines is 1. The molecule has 1 atom stereocenters. The van der Waals surface area contributed by atoms with Gasteiger partial charge in [-0.1, -0.05) is 35.4 Å². The maximum Gasteiger partial charge on any atom is 0.307 e. The number of esters is 1. The van der Waals surface area contributed by atoms with Gasteiger partial charge in [0, 0.05) is 12.2 Å². The SMILES string of the molecule is Cc1ccc(NC(=O)C(C)OC(=O)CCNS(=O)(=O)c2ccc(C)cc2)cc1. The molecule has 1 amide bonds. The summed E-state index contributed by atoms with van der Waals surface area (Å²) in [5.74, 6) is -1.13. The van der Waals surface area contributed by atoms with Crippen molar-refractivity contribution in [3.05, 3.63) is 59.7 Å². The van der Waals surface area contributed by atoms with E-state index in [4.69, 9.17) is 4.74 Å². The van der Waals surface area contributed by atoms with Crippen LogP contribution in [0.4, 0.5) is 5.69 Å². The number of hydrogen-bond acceptors (Lipinski definition) is 5. The molecule has 8 heteroatoms. The standard InChI is InChI=1S/C20H24N2O5S/c1-14-4-8-17(9-5-14)22-20(24)16(3)27-19(23)12-13-21-28(25,26)18-10-6-15(2)7-11-18/h4-11,16,21H,12-13H2,1-3H3,(H,22,24). The van der Waals surface area contributed by atoms with Crippen molar-refractivity contribution in [3.63, 3.8) is 0 Å². The number of amides is 1. The molecule has 0 bridgehead atoms. The highest BCUT2D eigenvalue weighted by Crippen LogP contribution is 2.11. The van der Waals surface area contributed by atoms with Crippen molar-refractivity contribution < 1.29 is 22.7 Å². The molecular formula is C20H24N2O5S. The number of nitrogens with one attached hydrogen (secondary N) is 2. The normalized spacial score (nSPS) is 12.2. The third-order valence-electron chi connectivity index (χ3n) is 3.95. The van der Waals surface area contributed by atoms with Gasteiger partial charge in [0.2, 0.25) is 10.0 Å². The predicted molar refractivity (Wildman–Crippen MR) is 106 cm³/mol. The summed E-state index contributed by atoms with van der Waals surface area (Å²) in [4.78, 5) is 24.1. The fraction of sp³-hybridized carbons (Fsp3) is 0.300. The van der Waals surface area contributed by atoms with Crippen molar-refractivity contribution in [2.75, 3.05) is 11.9 Å². The average molecular weight is 404 g/mol. The minimum Gasteiger partial charge on any atom is -0.452 e. The maximum absolute atomic E-state index is 12.2. The van der Waals surface area contributed by atoms with Crippen LogP contribution in [0, 0.1) is 13.8 Å². The van der Waals surface area contributed by atoms with Crippen molar-refractivity contribution in [1.82, 2.24) is 4.72 Å². The van der Waals surface area contributed by atoms with E-state index in [0.717, 1.165) is 11.1 Å². The number of aryl methyl sites for hydroxylation is 2. The minimum absolute atomic E-state index is 0.123. The van der Waals surface area contributed by atoms with E-state index in [1.54, 1.807) is 24.3 Å². The van der Waals surface area contributed by atoms with Crippen LogP contribution in [0.5, 0.6) is 0 Å². The predicted octanol–water partition coefficient (Wildman–Crippen LogP) is 2.54. The van der Waals surface area contributed by atoms with Gasteiger partial charge in [-0.2, -0.15) is 0 Å². The fourth-order valence-corrected chi connectivity index (χ4v) is 3.31. The zero-order valence-corrected chi connectivity index (χ0v) is 16.9. The highest BCUT2D eigenvalue weighted by Gasteiger charge is 2.19. The van der Waals surface area contributed by atoms with Crippen LogP contribution in [0.15, 0.2) is 53.4 Å². The molecule has 0 radical (unpaired) electrons. The first-order valence-corrected chi connectivity index (χ1v) is 10.3. The van der Waals surface area contributed by atoms with E-state index in [1.807, 2.05) is 26.0 Å². The van der Waals surface area contributed by atoms with Gasteiger partial charge < -0.3 is 10.1 Å². The molecule has 0 aliphatic rings. The average Bonchev–Trinajstić information content (AvgIpc) is 2.63. The molecule has 0 aliphatic heterocycles. The van der Waals surface area contributed by atoms with Crippen LogP contribution in [0.2, 0.25) is 0 Å². The molecule has 7 nitrogen and oxygen atoms in total. The van der Waals surface area contributed by atoms with Gasteiger partial charge in [0.25, 0.3) is 5.91 Å². The van der Waals surface area contributed by atoms with E-state index in [2.05, 4.69) is 10.0 Å². The highest BCUT2D eigenvalue weighted by atomic mass is 32.2. The Labute approximate surface area is 165 Å². The zero-order valence-electron chi connectivity index (χ0n) is 16.1. The first kappa shape index (κ1) is 21.6. The Hall–Kier alpha value is -2.71. The third-order valence-corrected chi connectivity index (χ3v) is 5.43. The Bertz CT molecular complexity index is 922. The summed E-state index contributed by atoms with van der Waals surface area (Å²) in [6, 6.07) is 13.6. The van der Waals surface area contributed by atoms with Gasteiger partial charge in [-0.05, 0) is 45.0 Å². The molecule has 150 valence electrons. The van der Waals surface area contributed by atoms with Crippen LogP contribution >= 0.6 is 0 Å². The summed E-state index contributed by atoms with van der Waals surface area (Å²) in [5, 5.41) is 2.65. The van der Waals surface area contributed by atoms with Crippen molar-refractivity contribution in [2.45, 2.75) is 38.2 Å². The van der Waals surface area contributed by atoms with E-state index in [0.29, 0.717) is 5.69 Å². The Morgan fingerprint density at radius 2 is 1.50 bits per heavy atom. The third kappa shape index (κ3) is 6.47. The number of ether oxygens (including phenoxy) is 1. The van der Waals surface area contributed by atoms with Crippen LogP contribution in [0.3, 0.4) is 0 Å². The van der Waals surface area contributed by atoms with Gasteiger partial charge in [-0.15, -0.1) is 0 Å². The second-order valence-electron chi connectivity index (χ2n) is 6.45. The molecule has 0 aromatic heterocycles. The van der Waals surface area contributed by atoms with E-state index < -0.39 is 28.0 Å². The first-order valence-electron chi connectivity index (χ1n) is 8.81. The molecule has 0 fully saturated rings. The number of benzene rings is 2. The first-order chi connectivity index (χ1) is 13.2. The summed E-state index contributed by atoms with van der Waals surface area (Å²) in [7, 11) is -3.70. The number of rotatable bonds is 8. The Kier molecular flexibility index (Phi) is 7.31. The quantitative estimate of drug-likeness (QED) is 0.659. The molecule has 0 spiro atoms. The lowest BCUT2D eigenvalue weighted by Crippen LogP contribution is -2.32. The summed E-state index contributed by atoms with van der Waals surface area (Å²) in [5.41, 5.74) is 2.61.